The van der Waals surface area contributed by atoms with Crippen LogP contribution < -0.4 is 4.74 Å². The fourth-order valence-electron chi connectivity index (χ4n) is 1.18. The summed E-state index contributed by atoms with van der Waals surface area (Å²) in [4.78, 5) is 10.9. The van der Waals surface area contributed by atoms with E-state index in [1.54, 1.807) is 6.07 Å². The second kappa shape index (κ2) is 4.79. The molecule has 2 rings (SSSR count). The van der Waals surface area contributed by atoms with Crippen molar-refractivity contribution in [3.8, 4) is 5.75 Å². The highest BCUT2D eigenvalue weighted by molar-refractivity contribution is 6.31. The van der Waals surface area contributed by atoms with Gasteiger partial charge in [-0.05, 0) is 18.2 Å². The summed E-state index contributed by atoms with van der Waals surface area (Å²) in [6.07, 6.45) is 0. The average molecular weight is 255 g/mol. The number of aromatic carboxylic acids is 1. The lowest BCUT2D eigenvalue weighted by molar-refractivity contribution is 0.0691. The minimum absolute atomic E-state index is 0.0130. The molecule has 0 radical (unpaired) electrons. The van der Waals surface area contributed by atoms with E-state index in [0.717, 1.165) is 0 Å². The Balaban J connectivity index is 2.17. The maximum atomic E-state index is 10.9. The Labute approximate surface area is 100 Å². The Bertz CT molecular complexity index is 529. The number of tetrazole rings is 1. The molecule has 0 unspecified atom stereocenters. The van der Waals surface area contributed by atoms with Crippen LogP contribution in [0, 0.1) is 0 Å². The highest BCUT2D eigenvalue weighted by Gasteiger charge is 2.12. The number of carboxylic acid groups (broad SMARTS) is 1. The number of ether oxygens (including phenoxy) is 1. The number of hydrogen-bond donors (Lipinski definition) is 2. The van der Waals surface area contributed by atoms with Crippen LogP contribution in [0.25, 0.3) is 0 Å². The lowest BCUT2D eigenvalue weighted by Gasteiger charge is -2.07. The zero-order chi connectivity index (χ0) is 12.3. The summed E-state index contributed by atoms with van der Waals surface area (Å²) in [6, 6.07) is 4.33. The second-order valence-electron chi connectivity index (χ2n) is 3.06. The molecular formula is C9H7ClN4O3. The van der Waals surface area contributed by atoms with Crippen LogP contribution in [-0.2, 0) is 6.61 Å². The van der Waals surface area contributed by atoms with Crippen molar-refractivity contribution in [3.63, 3.8) is 0 Å². The van der Waals surface area contributed by atoms with E-state index >= 15 is 0 Å². The van der Waals surface area contributed by atoms with Gasteiger partial charge in [-0.15, -0.1) is 10.2 Å². The molecule has 2 N–H and O–H groups in total. The van der Waals surface area contributed by atoms with Crippen molar-refractivity contribution >= 4 is 17.6 Å². The number of halogens is 1. The van der Waals surface area contributed by atoms with Crippen LogP contribution in [-0.4, -0.2) is 31.7 Å². The summed E-state index contributed by atoms with van der Waals surface area (Å²) in [5.41, 5.74) is -0.0130. The number of benzene rings is 1. The lowest BCUT2D eigenvalue weighted by atomic mass is 10.2. The van der Waals surface area contributed by atoms with Gasteiger partial charge < -0.3 is 9.84 Å². The average Bonchev–Trinajstić information content (AvgIpc) is 2.80. The summed E-state index contributed by atoms with van der Waals surface area (Å²) in [6.45, 7) is 0.0262. The smallest absolute Gasteiger partial charge is 0.339 e. The van der Waals surface area contributed by atoms with Crippen molar-refractivity contribution in [1.29, 1.82) is 0 Å². The zero-order valence-electron chi connectivity index (χ0n) is 8.42. The van der Waals surface area contributed by atoms with E-state index in [0.29, 0.717) is 10.8 Å². The topological polar surface area (TPSA) is 101 Å². The number of aromatic nitrogens is 4. The van der Waals surface area contributed by atoms with Crippen molar-refractivity contribution < 1.29 is 14.6 Å². The molecule has 0 fully saturated rings. The molecule has 0 aliphatic rings. The van der Waals surface area contributed by atoms with Gasteiger partial charge in [-0.3, -0.25) is 0 Å². The molecule has 1 aromatic heterocycles. The van der Waals surface area contributed by atoms with Gasteiger partial charge in [0.25, 0.3) is 0 Å². The minimum atomic E-state index is -1.12. The van der Waals surface area contributed by atoms with Gasteiger partial charge in [-0.2, -0.15) is 5.21 Å². The Kier molecular flexibility index (Phi) is 3.20. The molecule has 2 aromatic rings. The Morgan fingerprint density at radius 1 is 1.53 bits per heavy atom. The van der Waals surface area contributed by atoms with Crippen molar-refractivity contribution in [2.75, 3.05) is 0 Å². The molecule has 17 heavy (non-hydrogen) atoms. The van der Waals surface area contributed by atoms with Gasteiger partial charge in [0.2, 0.25) is 5.82 Å². The van der Waals surface area contributed by atoms with E-state index < -0.39 is 5.97 Å². The SMILES string of the molecule is O=C(O)c1cc(Cl)ccc1OCc1nn[nH]n1. The fraction of sp³-hybridized carbons (Fsp3) is 0.111. The number of nitrogens with one attached hydrogen (secondary N) is 1. The molecule has 0 amide bonds. The summed E-state index contributed by atoms with van der Waals surface area (Å²) < 4.78 is 5.27. The first-order valence-corrected chi connectivity index (χ1v) is 4.92. The normalized spacial score (nSPS) is 10.2. The molecule has 0 bridgehead atoms. The summed E-state index contributed by atoms with van der Waals surface area (Å²) in [5, 5.41) is 22.3. The van der Waals surface area contributed by atoms with Crippen molar-refractivity contribution in [2.24, 2.45) is 0 Å². The van der Waals surface area contributed by atoms with Gasteiger partial charge in [0.05, 0.1) is 0 Å². The fourth-order valence-corrected chi connectivity index (χ4v) is 1.35. The first-order valence-electron chi connectivity index (χ1n) is 4.55. The van der Waals surface area contributed by atoms with Gasteiger partial charge in [0, 0.05) is 5.02 Å². The van der Waals surface area contributed by atoms with Gasteiger partial charge >= 0.3 is 5.97 Å². The molecule has 0 saturated heterocycles. The van der Waals surface area contributed by atoms with Crippen LogP contribution in [0.5, 0.6) is 5.75 Å². The van der Waals surface area contributed by atoms with Crippen LogP contribution in [0.4, 0.5) is 0 Å². The van der Waals surface area contributed by atoms with Crippen LogP contribution in [0.15, 0.2) is 18.2 Å². The third kappa shape index (κ3) is 2.70. The van der Waals surface area contributed by atoms with E-state index in [9.17, 15) is 4.79 Å². The van der Waals surface area contributed by atoms with Crippen LogP contribution in [0.2, 0.25) is 5.02 Å². The summed E-state index contributed by atoms with van der Waals surface area (Å²) in [5.74, 6) is -0.585. The van der Waals surface area contributed by atoms with Crippen LogP contribution >= 0.6 is 11.6 Å². The summed E-state index contributed by atoms with van der Waals surface area (Å²) >= 11 is 5.70. The van der Waals surface area contributed by atoms with E-state index in [2.05, 4.69) is 20.6 Å². The van der Waals surface area contributed by atoms with E-state index in [4.69, 9.17) is 21.4 Å². The molecular weight excluding hydrogens is 248 g/mol. The number of carboxylic acids is 1. The predicted octanol–water partition coefficient (Wildman–Crippen LogP) is 1.13. The first kappa shape index (κ1) is 11.3. The third-order valence-corrected chi connectivity index (χ3v) is 2.15. The highest BCUT2D eigenvalue weighted by Crippen LogP contribution is 2.23. The number of nitrogens with zero attached hydrogens (tertiary/aromatic N) is 3. The third-order valence-electron chi connectivity index (χ3n) is 1.92. The molecule has 8 heteroatoms. The number of aromatic amines is 1. The van der Waals surface area contributed by atoms with Crippen LogP contribution in [0.3, 0.4) is 0 Å². The maximum Gasteiger partial charge on any atom is 0.339 e. The lowest BCUT2D eigenvalue weighted by Crippen LogP contribution is -2.04. The molecule has 0 atom stereocenters. The van der Waals surface area contributed by atoms with Crippen LogP contribution in [0.1, 0.15) is 16.2 Å². The van der Waals surface area contributed by atoms with Gasteiger partial charge in [-0.1, -0.05) is 16.8 Å². The summed E-state index contributed by atoms with van der Waals surface area (Å²) in [7, 11) is 0. The Morgan fingerprint density at radius 3 is 3.00 bits per heavy atom. The van der Waals surface area contributed by atoms with E-state index in [1.165, 1.54) is 12.1 Å². The zero-order valence-corrected chi connectivity index (χ0v) is 9.18. The molecule has 88 valence electrons. The standard InChI is InChI=1S/C9H7ClN4O3/c10-5-1-2-7(6(3-5)9(15)16)17-4-8-11-13-14-12-8/h1-3H,4H2,(H,15,16)(H,11,12,13,14). The molecule has 7 nitrogen and oxygen atoms in total. The molecule has 1 aromatic carbocycles. The van der Waals surface area contributed by atoms with Crippen molar-refractivity contribution in [2.45, 2.75) is 6.61 Å². The number of hydrogen-bond acceptors (Lipinski definition) is 5. The maximum absolute atomic E-state index is 10.9. The van der Waals surface area contributed by atoms with Crippen molar-refractivity contribution in [3.05, 3.63) is 34.6 Å². The van der Waals surface area contributed by atoms with Gasteiger partial charge in [0.1, 0.15) is 11.3 Å². The first-order chi connectivity index (χ1) is 8.16. The monoisotopic (exact) mass is 254 g/mol. The minimum Gasteiger partial charge on any atom is -0.485 e. The van der Waals surface area contributed by atoms with Gasteiger partial charge in [-0.25, -0.2) is 4.79 Å². The second-order valence-corrected chi connectivity index (χ2v) is 3.50. The quantitative estimate of drug-likeness (QED) is 0.848. The number of H-pyrrole nitrogens is 1. The van der Waals surface area contributed by atoms with E-state index in [1.807, 2.05) is 0 Å². The molecule has 0 saturated carbocycles. The largest absolute Gasteiger partial charge is 0.485 e. The van der Waals surface area contributed by atoms with E-state index in [-0.39, 0.29) is 17.9 Å². The molecule has 1 heterocycles. The molecule has 0 aliphatic heterocycles. The number of carbonyl (C=O) groups is 1. The highest BCUT2D eigenvalue weighted by atomic mass is 35.5. The molecule has 0 spiro atoms. The van der Waals surface area contributed by atoms with Gasteiger partial charge in [0.15, 0.2) is 6.61 Å². The number of rotatable bonds is 4. The Hall–Kier alpha value is -2.15. The Morgan fingerprint density at radius 2 is 2.35 bits per heavy atom. The molecule has 0 aliphatic carbocycles. The predicted molar refractivity (Wildman–Crippen MR) is 56.9 cm³/mol. The van der Waals surface area contributed by atoms with Crippen molar-refractivity contribution in [1.82, 2.24) is 20.6 Å².